The van der Waals surface area contributed by atoms with E-state index in [4.69, 9.17) is 9.47 Å². The second-order valence-corrected chi connectivity index (χ2v) is 5.33. The fourth-order valence-electron chi connectivity index (χ4n) is 2.54. The summed E-state index contributed by atoms with van der Waals surface area (Å²) in [6, 6.07) is 7.50. The molecule has 0 saturated carbocycles. The van der Waals surface area contributed by atoms with Crippen molar-refractivity contribution < 1.29 is 14.3 Å². The van der Waals surface area contributed by atoms with E-state index in [1.807, 2.05) is 31.2 Å². The van der Waals surface area contributed by atoms with Gasteiger partial charge in [0.1, 0.15) is 11.9 Å². The third-order valence-electron chi connectivity index (χ3n) is 3.55. The molecule has 1 aromatic carbocycles. The lowest BCUT2D eigenvalue weighted by Gasteiger charge is -2.20. The number of rotatable bonds is 6. The van der Waals surface area contributed by atoms with Crippen LogP contribution < -0.4 is 4.74 Å². The standard InChI is InChI=1S/C16H23NO3/c1-13(12-17-9-3-4-10-17)20-16(18)11-14-5-7-15(19-2)8-6-14/h5-8,13H,3-4,9-12H2,1-2H3/t13-/m1/s1. The maximum absolute atomic E-state index is 11.9. The van der Waals surface area contributed by atoms with Crippen molar-refractivity contribution in [3.63, 3.8) is 0 Å². The predicted octanol–water partition coefficient (Wildman–Crippen LogP) is 2.27. The first-order valence-corrected chi connectivity index (χ1v) is 7.22. The number of nitrogens with zero attached hydrogens (tertiary/aromatic N) is 1. The molecule has 0 aliphatic carbocycles. The summed E-state index contributed by atoms with van der Waals surface area (Å²) >= 11 is 0. The van der Waals surface area contributed by atoms with Crippen molar-refractivity contribution in [2.75, 3.05) is 26.7 Å². The van der Waals surface area contributed by atoms with Gasteiger partial charge in [-0.1, -0.05) is 12.1 Å². The highest BCUT2D eigenvalue weighted by atomic mass is 16.5. The number of ether oxygens (including phenoxy) is 2. The van der Waals surface area contributed by atoms with Crippen molar-refractivity contribution in [3.05, 3.63) is 29.8 Å². The maximum atomic E-state index is 11.9. The van der Waals surface area contributed by atoms with Gasteiger partial charge < -0.3 is 9.47 Å². The second kappa shape index (κ2) is 7.29. The largest absolute Gasteiger partial charge is 0.497 e. The summed E-state index contributed by atoms with van der Waals surface area (Å²) in [6.45, 7) is 5.05. The van der Waals surface area contributed by atoms with Gasteiger partial charge in [-0.2, -0.15) is 0 Å². The Bertz CT molecular complexity index is 424. The van der Waals surface area contributed by atoms with Crippen LogP contribution in [-0.2, 0) is 16.0 Å². The molecule has 0 unspecified atom stereocenters. The average Bonchev–Trinajstić information content (AvgIpc) is 2.92. The van der Waals surface area contributed by atoms with Crippen molar-refractivity contribution in [2.24, 2.45) is 0 Å². The molecule has 0 amide bonds. The van der Waals surface area contributed by atoms with Gasteiger partial charge in [-0.15, -0.1) is 0 Å². The van der Waals surface area contributed by atoms with Crippen LogP contribution >= 0.6 is 0 Å². The van der Waals surface area contributed by atoms with Gasteiger partial charge in [0, 0.05) is 6.54 Å². The third kappa shape index (κ3) is 4.53. The van der Waals surface area contributed by atoms with Crippen LogP contribution in [0.3, 0.4) is 0 Å². The minimum absolute atomic E-state index is 0.0427. The predicted molar refractivity (Wildman–Crippen MR) is 77.9 cm³/mol. The van der Waals surface area contributed by atoms with E-state index in [2.05, 4.69) is 4.90 Å². The fourth-order valence-corrected chi connectivity index (χ4v) is 2.54. The lowest BCUT2D eigenvalue weighted by atomic mass is 10.1. The average molecular weight is 277 g/mol. The molecule has 1 atom stereocenters. The number of hydrogen-bond acceptors (Lipinski definition) is 4. The first-order chi connectivity index (χ1) is 9.67. The highest BCUT2D eigenvalue weighted by Gasteiger charge is 2.17. The molecule has 2 rings (SSSR count). The summed E-state index contributed by atoms with van der Waals surface area (Å²) in [4.78, 5) is 14.2. The van der Waals surface area contributed by atoms with E-state index >= 15 is 0 Å². The maximum Gasteiger partial charge on any atom is 0.310 e. The summed E-state index contributed by atoms with van der Waals surface area (Å²) in [5, 5.41) is 0. The minimum atomic E-state index is -0.165. The van der Waals surface area contributed by atoms with E-state index in [1.165, 1.54) is 12.8 Å². The van der Waals surface area contributed by atoms with E-state index in [1.54, 1.807) is 7.11 Å². The molecule has 1 aromatic rings. The zero-order valence-electron chi connectivity index (χ0n) is 12.3. The van der Waals surface area contributed by atoms with Crippen molar-refractivity contribution in [1.29, 1.82) is 0 Å². The molecule has 1 heterocycles. The Morgan fingerprint density at radius 1 is 1.25 bits per heavy atom. The minimum Gasteiger partial charge on any atom is -0.497 e. The van der Waals surface area contributed by atoms with Crippen molar-refractivity contribution in [3.8, 4) is 5.75 Å². The van der Waals surface area contributed by atoms with Crippen LogP contribution in [0.25, 0.3) is 0 Å². The zero-order chi connectivity index (χ0) is 14.4. The van der Waals surface area contributed by atoms with E-state index in [0.29, 0.717) is 6.42 Å². The molecule has 0 radical (unpaired) electrons. The fraction of sp³-hybridized carbons (Fsp3) is 0.562. The third-order valence-corrected chi connectivity index (χ3v) is 3.55. The summed E-state index contributed by atoms with van der Waals surface area (Å²) in [5.41, 5.74) is 0.948. The van der Waals surface area contributed by atoms with Gasteiger partial charge in [0.2, 0.25) is 0 Å². The molecule has 0 spiro atoms. The Morgan fingerprint density at radius 3 is 2.50 bits per heavy atom. The van der Waals surface area contributed by atoms with Crippen molar-refractivity contribution in [2.45, 2.75) is 32.3 Å². The molecule has 1 fully saturated rings. The smallest absolute Gasteiger partial charge is 0.310 e. The van der Waals surface area contributed by atoms with E-state index < -0.39 is 0 Å². The van der Waals surface area contributed by atoms with Crippen LogP contribution in [-0.4, -0.2) is 43.7 Å². The van der Waals surface area contributed by atoms with Crippen LogP contribution in [0.5, 0.6) is 5.75 Å². The quantitative estimate of drug-likeness (QED) is 0.748. The van der Waals surface area contributed by atoms with Gasteiger partial charge in [0.05, 0.1) is 13.5 Å². The first kappa shape index (κ1) is 14.9. The van der Waals surface area contributed by atoms with Gasteiger partial charge in [0.25, 0.3) is 0 Å². The molecule has 1 aliphatic heterocycles. The number of methoxy groups -OCH3 is 1. The molecular formula is C16H23NO3. The molecule has 20 heavy (non-hydrogen) atoms. The van der Waals surface area contributed by atoms with Gasteiger partial charge in [-0.3, -0.25) is 9.69 Å². The number of carbonyl (C=O) groups is 1. The van der Waals surface area contributed by atoms with Gasteiger partial charge >= 0.3 is 5.97 Å². The molecule has 110 valence electrons. The Kier molecular flexibility index (Phi) is 5.41. The molecular weight excluding hydrogens is 254 g/mol. The Hall–Kier alpha value is -1.55. The van der Waals surface area contributed by atoms with Gasteiger partial charge in [0.15, 0.2) is 0 Å². The van der Waals surface area contributed by atoms with Crippen molar-refractivity contribution >= 4 is 5.97 Å². The lowest BCUT2D eigenvalue weighted by Crippen LogP contribution is -2.31. The topological polar surface area (TPSA) is 38.8 Å². The Morgan fingerprint density at radius 2 is 1.90 bits per heavy atom. The Balaban J connectivity index is 1.75. The van der Waals surface area contributed by atoms with Crippen molar-refractivity contribution in [1.82, 2.24) is 4.90 Å². The summed E-state index contributed by atoms with van der Waals surface area (Å²) in [6.07, 6.45) is 2.78. The molecule has 0 bridgehead atoms. The SMILES string of the molecule is COc1ccc(CC(=O)O[C@H](C)CN2CCCC2)cc1. The molecule has 4 heteroatoms. The number of hydrogen-bond donors (Lipinski definition) is 0. The van der Waals surface area contributed by atoms with Crippen LogP contribution in [0.15, 0.2) is 24.3 Å². The normalized spacial score (nSPS) is 16.9. The molecule has 1 aliphatic rings. The summed E-state index contributed by atoms with van der Waals surface area (Å²) in [5.74, 6) is 0.631. The van der Waals surface area contributed by atoms with Crippen LogP contribution in [0.4, 0.5) is 0 Å². The van der Waals surface area contributed by atoms with E-state index in [-0.39, 0.29) is 12.1 Å². The lowest BCUT2D eigenvalue weighted by molar-refractivity contribution is -0.148. The molecule has 1 saturated heterocycles. The van der Waals surface area contributed by atoms with Gasteiger partial charge in [-0.05, 0) is 50.6 Å². The summed E-state index contributed by atoms with van der Waals surface area (Å²) in [7, 11) is 1.63. The highest BCUT2D eigenvalue weighted by Crippen LogP contribution is 2.13. The van der Waals surface area contributed by atoms with Crippen LogP contribution in [0.1, 0.15) is 25.3 Å². The summed E-state index contributed by atoms with van der Waals surface area (Å²) < 4.78 is 10.6. The number of benzene rings is 1. The first-order valence-electron chi connectivity index (χ1n) is 7.22. The number of carbonyl (C=O) groups excluding carboxylic acids is 1. The zero-order valence-corrected chi connectivity index (χ0v) is 12.3. The van der Waals surface area contributed by atoms with Crippen LogP contribution in [0, 0.1) is 0 Å². The molecule has 0 aromatic heterocycles. The van der Waals surface area contributed by atoms with E-state index in [0.717, 1.165) is 30.9 Å². The number of esters is 1. The monoisotopic (exact) mass is 277 g/mol. The number of likely N-dealkylation sites (tertiary alicyclic amines) is 1. The highest BCUT2D eigenvalue weighted by molar-refractivity contribution is 5.72. The van der Waals surface area contributed by atoms with Gasteiger partial charge in [-0.25, -0.2) is 0 Å². The molecule has 0 N–H and O–H groups in total. The Labute approximate surface area is 120 Å². The second-order valence-electron chi connectivity index (χ2n) is 5.33. The van der Waals surface area contributed by atoms with Crippen LogP contribution in [0.2, 0.25) is 0 Å². The molecule has 4 nitrogen and oxygen atoms in total. The van der Waals surface area contributed by atoms with E-state index in [9.17, 15) is 4.79 Å².